The SMILES string of the molecule is Cc1cc2c(F)cccc2nc1Cl. The Morgan fingerprint density at radius 1 is 1.38 bits per heavy atom. The molecule has 0 amide bonds. The van der Waals surface area contributed by atoms with Crippen LogP contribution in [0.15, 0.2) is 24.3 Å². The molecule has 0 spiro atoms. The molecule has 1 heterocycles. The molecule has 0 aliphatic heterocycles. The topological polar surface area (TPSA) is 12.9 Å². The standard InChI is InChI=1S/C10H7ClFN/c1-6-5-7-8(12)3-2-4-9(7)13-10(6)11/h2-5H,1H3. The smallest absolute Gasteiger partial charge is 0.132 e. The number of aryl methyl sites for hydroxylation is 1. The zero-order valence-corrected chi connectivity index (χ0v) is 7.77. The summed E-state index contributed by atoms with van der Waals surface area (Å²) in [6.07, 6.45) is 0. The molecule has 0 saturated carbocycles. The number of nitrogens with zero attached hydrogens (tertiary/aromatic N) is 1. The highest BCUT2D eigenvalue weighted by Crippen LogP contribution is 2.21. The summed E-state index contributed by atoms with van der Waals surface area (Å²) in [6.45, 7) is 1.81. The molecule has 0 aliphatic rings. The summed E-state index contributed by atoms with van der Waals surface area (Å²) in [7, 11) is 0. The first-order valence-corrected chi connectivity index (χ1v) is 4.27. The predicted molar refractivity (Wildman–Crippen MR) is 51.4 cm³/mol. The molecule has 0 saturated heterocycles. The highest BCUT2D eigenvalue weighted by atomic mass is 35.5. The van der Waals surface area contributed by atoms with Crippen LogP contribution in [0.2, 0.25) is 5.15 Å². The van der Waals surface area contributed by atoms with E-state index in [4.69, 9.17) is 11.6 Å². The van der Waals surface area contributed by atoms with Crippen molar-refractivity contribution in [3.63, 3.8) is 0 Å². The van der Waals surface area contributed by atoms with Gasteiger partial charge >= 0.3 is 0 Å². The third-order valence-electron chi connectivity index (χ3n) is 1.93. The first-order chi connectivity index (χ1) is 6.18. The quantitative estimate of drug-likeness (QED) is 0.588. The van der Waals surface area contributed by atoms with Gasteiger partial charge in [0.2, 0.25) is 0 Å². The molecule has 2 aromatic rings. The van der Waals surface area contributed by atoms with Gasteiger partial charge in [0.15, 0.2) is 0 Å². The van der Waals surface area contributed by atoms with E-state index in [1.807, 2.05) is 0 Å². The maximum Gasteiger partial charge on any atom is 0.132 e. The molecule has 0 aliphatic carbocycles. The average molecular weight is 196 g/mol. The van der Waals surface area contributed by atoms with Crippen molar-refractivity contribution in [3.05, 3.63) is 40.8 Å². The number of pyridine rings is 1. The van der Waals surface area contributed by atoms with Crippen LogP contribution in [0.25, 0.3) is 10.9 Å². The van der Waals surface area contributed by atoms with Crippen LogP contribution in [-0.2, 0) is 0 Å². The van der Waals surface area contributed by atoms with Crippen molar-refractivity contribution in [2.75, 3.05) is 0 Å². The van der Waals surface area contributed by atoms with E-state index in [0.717, 1.165) is 5.56 Å². The summed E-state index contributed by atoms with van der Waals surface area (Å²) in [5, 5.41) is 0.947. The molecule has 66 valence electrons. The molecular weight excluding hydrogens is 189 g/mol. The van der Waals surface area contributed by atoms with Gasteiger partial charge in [-0.05, 0) is 30.7 Å². The number of fused-ring (bicyclic) bond motifs is 1. The summed E-state index contributed by atoms with van der Waals surface area (Å²) < 4.78 is 13.2. The van der Waals surface area contributed by atoms with Crippen molar-refractivity contribution in [2.24, 2.45) is 0 Å². The van der Waals surface area contributed by atoms with Crippen LogP contribution >= 0.6 is 11.6 Å². The number of halogens is 2. The average Bonchev–Trinajstić information content (AvgIpc) is 2.09. The Labute approximate surface area is 80.2 Å². The summed E-state index contributed by atoms with van der Waals surface area (Å²) >= 11 is 5.81. The van der Waals surface area contributed by atoms with E-state index in [1.54, 1.807) is 25.1 Å². The van der Waals surface area contributed by atoms with Crippen molar-refractivity contribution in [2.45, 2.75) is 6.92 Å². The van der Waals surface area contributed by atoms with Gasteiger partial charge in [0.25, 0.3) is 0 Å². The summed E-state index contributed by atoms with van der Waals surface area (Å²) in [4.78, 5) is 4.06. The molecular formula is C10H7ClFN. The van der Waals surface area contributed by atoms with E-state index in [1.165, 1.54) is 6.07 Å². The van der Waals surface area contributed by atoms with Gasteiger partial charge in [0.05, 0.1) is 5.52 Å². The van der Waals surface area contributed by atoms with Crippen LogP contribution in [0, 0.1) is 12.7 Å². The second-order valence-corrected chi connectivity index (χ2v) is 3.26. The Morgan fingerprint density at radius 2 is 2.15 bits per heavy atom. The fourth-order valence-corrected chi connectivity index (χ4v) is 1.38. The second kappa shape index (κ2) is 2.96. The summed E-state index contributed by atoms with van der Waals surface area (Å²) in [5.41, 5.74) is 1.38. The Bertz CT molecular complexity index is 468. The van der Waals surface area contributed by atoms with Crippen LogP contribution < -0.4 is 0 Å². The second-order valence-electron chi connectivity index (χ2n) is 2.90. The molecule has 0 unspecified atom stereocenters. The third-order valence-corrected chi connectivity index (χ3v) is 2.32. The van der Waals surface area contributed by atoms with E-state index in [2.05, 4.69) is 4.98 Å². The van der Waals surface area contributed by atoms with Crippen LogP contribution in [-0.4, -0.2) is 4.98 Å². The zero-order chi connectivity index (χ0) is 9.42. The Balaban J connectivity index is 2.89. The van der Waals surface area contributed by atoms with E-state index < -0.39 is 0 Å². The third kappa shape index (κ3) is 1.38. The molecule has 0 radical (unpaired) electrons. The molecule has 1 aromatic heterocycles. The zero-order valence-electron chi connectivity index (χ0n) is 7.01. The molecule has 0 bridgehead atoms. The van der Waals surface area contributed by atoms with Gasteiger partial charge in [-0.15, -0.1) is 0 Å². The molecule has 1 nitrogen and oxygen atoms in total. The largest absolute Gasteiger partial charge is 0.236 e. The molecule has 0 N–H and O–H groups in total. The van der Waals surface area contributed by atoms with Crippen molar-refractivity contribution < 1.29 is 4.39 Å². The predicted octanol–water partition coefficient (Wildman–Crippen LogP) is 3.34. The Kier molecular flexibility index (Phi) is 1.93. The number of hydrogen-bond donors (Lipinski definition) is 0. The van der Waals surface area contributed by atoms with Gasteiger partial charge in [-0.2, -0.15) is 0 Å². The fraction of sp³-hybridized carbons (Fsp3) is 0.100. The lowest BCUT2D eigenvalue weighted by Crippen LogP contribution is -1.86. The molecule has 0 atom stereocenters. The molecule has 13 heavy (non-hydrogen) atoms. The lowest BCUT2D eigenvalue weighted by molar-refractivity contribution is 0.639. The van der Waals surface area contributed by atoms with Crippen molar-refractivity contribution in [1.82, 2.24) is 4.98 Å². The molecule has 1 aromatic carbocycles. The van der Waals surface area contributed by atoms with E-state index in [0.29, 0.717) is 16.1 Å². The number of benzene rings is 1. The van der Waals surface area contributed by atoms with Gasteiger partial charge in [0.1, 0.15) is 11.0 Å². The van der Waals surface area contributed by atoms with Gasteiger partial charge in [-0.1, -0.05) is 17.7 Å². The van der Waals surface area contributed by atoms with Crippen LogP contribution in [0.3, 0.4) is 0 Å². The van der Waals surface area contributed by atoms with Gasteiger partial charge in [-0.25, -0.2) is 9.37 Å². The Hall–Kier alpha value is -1.15. The normalized spacial score (nSPS) is 10.7. The van der Waals surface area contributed by atoms with Crippen LogP contribution in [0.1, 0.15) is 5.56 Å². The minimum atomic E-state index is -0.259. The van der Waals surface area contributed by atoms with Crippen molar-refractivity contribution in [1.29, 1.82) is 0 Å². The molecule has 3 heteroatoms. The lowest BCUT2D eigenvalue weighted by Gasteiger charge is -2.01. The van der Waals surface area contributed by atoms with Crippen molar-refractivity contribution >= 4 is 22.5 Å². The van der Waals surface area contributed by atoms with Gasteiger partial charge in [0, 0.05) is 5.39 Å². The van der Waals surface area contributed by atoms with Gasteiger partial charge < -0.3 is 0 Å². The maximum absolute atomic E-state index is 13.2. The Morgan fingerprint density at radius 3 is 2.92 bits per heavy atom. The summed E-state index contributed by atoms with van der Waals surface area (Å²) in [5.74, 6) is -0.259. The molecule has 2 rings (SSSR count). The number of hydrogen-bond acceptors (Lipinski definition) is 1. The summed E-state index contributed by atoms with van der Waals surface area (Å²) in [6, 6.07) is 6.48. The van der Waals surface area contributed by atoms with Crippen molar-refractivity contribution in [3.8, 4) is 0 Å². The van der Waals surface area contributed by atoms with Crippen LogP contribution in [0.5, 0.6) is 0 Å². The fourth-order valence-electron chi connectivity index (χ4n) is 1.24. The van der Waals surface area contributed by atoms with E-state index in [-0.39, 0.29) is 5.82 Å². The highest BCUT2D eigenvalue weighted by Gasteiger charge is 2.04. The first kappa shape index (κ1) is 8.45. The number of aromatic nitrogens is 1. The maximum atomic E-state index is 13.2. The monoisotopic (exact) mass is 195 g/mol. The van der Waals surface area contributed by atoms with E-state index >= 15 is 0 Å². The minimum Gasteiger partial charge on any atom is -0.236 e. The molecule has 0 fully saturated rings. The lowest BCUT2D eigenvalue weighted by atomic mass is 10.2. The highest BCUT2D eigenvalue weighted by molar-refractivity contribution is 6.30. The number of rotatable bonds is 0. The first-order valence-electron chi connectivity index (χ1n) is 3.90. The van der Waals surface area contributed by atoms with E-state index in [9.17, 15) is 4.39 Å². The minimum absolute atomic E-state index is 0.259. The van der Waals surface area contributed by atoms with Gasteiger partial charge in [-0.3, -0.25) is 0 Å². The van der Waals surface area contributed by atoms with Crippen LogP contribution in [0.4, 0.5) is 4.39 Å².